The van der Waals surface area contributed by atoms with E-state index in [4.69, 9.17) is 4.74 Å². The van der Waals surface area contributed by atoms with E-state index in [2.05, 4.69) is 10.6 Å². The van der Waals surface area contributed by atoms with Crippen LogP contribution in [0.2, 0.25) is 0 Å². The molecule has 2 aromatic carbocycles. The highest BCUT2D eigenvalue weighted by molar-refractivity contribution is 7.16. The summed E-state index contributed by atoms with van der Waals surface area (Å²) in [6, 6.07) is 12.2. The average Bonchev–Trinajstić information content (AvgIpc) is 2.89. The second-order valence-corrected chi connectivity index (χ2v) is 6.10. The van der Waals surface area contributed by atoms with Crippen molar-refractivity contribution in [3.63, 3.8) is 0 Å². The maximum absolute atomic E-state index is 12.1. The van der Waals surface area contributed by atoms with Crippen LogP contribution in [0.4, 0.5) is 16.2 Å². The van der Waals surface area contributed by atoms with Crippen LogP contribution in [0.25, 0.3) is 10.2 Å². The molecule has 0 aliphatic carbocycles. The van der Waals surface area contributed by atoms with Gasteiger partial charge >= 0.3 is 10.9 Å². The van der Waals surface area contributed by atoms with Gasteiger partial charge in [0, 0.05) is 24.0 Å². The number of nitrogens with one attached hydrogen (secondary N) is 2. The van der Waals surface area contributed by atoms with Crippen molar-refractivity contribution in [1.29, 1.82) is 0 Å². The molecule has 0 atom stereocenters. The number of anilines is 2. The maximum Gasteiger partial charge on any atom is 0.323 e. The molecule has 0 saturated heterocycles. The smallest absolute Gasteiger partial charge is 0.323 e. The molecule has 2 amide bonds. The number of fused-ring (bicyclic) bond motifs is 1. The summed E-state index contributed by atoms with van der Waals surface area (Å²) >= 11 is 1.17. The zero-order valence-electron chi connectivity index (χ0n) is 13.3. The number of methoxy groups -OCH3 is 1. The van der Waals surface area contributed by atoms with Crippen LogP contribution in [-0.2, 0) is 6.54 Å². The Labute approximate surface area is 142 Å². The minimum Gasteiger partial charge on any atom is -0.497 e. The summed E-state index contributed by atoms with van der Waals surface area (Å²) in [5, 5.41) is 5.52. The van der Waals surface area contributed by atoms with Crippen LogP contribution in [0.5, 0.6) is 5.75 Å². The van der Waals surface area contributed by atoms with E-state index in [1.54, 1.807) is 48.1 Å². The van der Waals surface area contributed by atoms with E-state index >= 15 is 0 Å². The van der Waals surface area contributed by atoms with Crippen LogP contribution in [0, 0.1) is 0 Å². The molecule has 0 spiro atoms. The van der Waals surface area contributed by atoms with E-state index in [-0.39, 0.29) is 10.9 Å². The zero-order chi connectivity index (χ0) is 17.1. The highest BCUT2D eigenvalue weighted by atomic mass is 32.1. The number of thiazole rings is 1. The first-order valence-corrected chi connectivity index (χ1v) is 8.28. The second-order valence-electron chi connectivity index (χ2n) is 5.11. The van der Waals surface area contributed by atoms with Crippen LogP contribution in [-0.4, -0.2) is 17.7 Å². The maximum atomic E-state index is 12.1. The molecule has 2 N–H and O–H groups in total. The summed E-state index contributed by atoms with van der Waals surface area (Å²) in [6.07, 6.45) is 0. The van der Waals surface area contributed by atoms with Crippen molar-refractivity contribution in [2.45, 2.75) is 13.5 Å². The lowest BCUT2D eigenvalue weighted by Crippen LogP contribution is -2.19. The van der Waals surface area contributed by atoms with E-state index in [1.165, 1.54) is 11.3 Å². The number of hydrogen-bond donors (Lipinski definition) is 2. The molecular formula is C17H17N3O3S. The van der Waals surface area contributed by atoms with E-state index in [0.29, 0.717) is 23.7 Å². The number of benzene rings is 2. The predicted octanol–water partition coefficient (Wildman–Crippen LogP) is 3.74. The Balaban J connectivity index is 1.76. The third kappa shape index (κ3) is 3.26. The van der Waals surface area contributed by atoms with Gasteiger partial charge in [0.05, 0.1) is 17.3 Å². The molecule has 124 valence electrons. The van der Waals surface area contributed by atoms with E-state index in [9.17, 15) is 9.59 Å². The Morgan fingerprint density at radius 2 is 1.92 bits per heavy atom. The van der Waals surface area contributed by atoms with Crippen molar-refractivity contribution in [3.8, 4) is 5.75 Å². The summed E-state index contributed by atoms with van der Waals surface area (Å²) in [5.41, 5.74) is 2.15. The Morgan fingerprint density at radius 3 is 2.62 bits per heavy atom. The first-order valence-electron chi connectivity index (χ1n) is 7.46. The summed E-state index contributed by atoms with van der Waals surface area (Å²) in [4.78, 5) is 24.0. The summed E-state index contributed by atoms with van der Waals surface area (Å²) in [6.45, 7) is 2.56. The van der Waals surface area contributed by atoms with Crippen molar-refractivity contribution in [1.82, 2.24) is 4.57 Å². The largest absolute Gasteiger partial charge is 0.497 e. The van der Waals surface area contributed by atoms with Crippen molar-refractivity contribution in [3.05, 3.63) is 52.1 Å². The van der Waals surface area contributed by atoms with Crippen molar-refractivity contribution >= 4 is 39.0 Å². The Kier molecular flexibility index (Phi) is 4.52. The van der Waals surface area contributed by atoms with E-state index < -0.39 is 0 Å². The Hall–Kier alpha value is -2.80. The fourth-order valence-corrected chi connectivity index (χ4v) is 3.43. The third-order valence-corrected chi connectivity index (χ3v) is 4.51. The molecule has 0 fully saturated rings. The number of carbonyl (C=O) groups excluding carboxylic acids is 1. The van der Waals surface area contributed by atoms with Crippen LogP contribution in [0.1, 0.15) is 6.92 Å². The highest BCUT2D eigenvalue weighted by Crippen LogP contribution is 2.22. The van der Waals surface area contributed by atoms with Gasteiger partial charge in [-0.2, -0.15) is 0 Å². The molecule has 24 heavy (non-hydrogen) atoms. The Bertz CT molecular complexity index is 946. The van der Waals surface area contributed by atoms with Crippen molar-refractivity contribution < 1.29 is 9.53 Å². The van der Waals surface area contributed by atoms with Crippen LogP contribution in [0.15, 0.2) is 47.3 Å². The van der Waals surface area contributed by atoms with Crippen LogP contribution < -0.4 is 20.2 Å². The molecule has 3 aromatic rings. The third-order valence-electron chi connectivity index (χ3n) is 3.57. The molecule has 0 aliphatic heterocycles. The molecule has 0 radical (unpaired) electrons. The quantitative estimate of drug-likeness (QED) is 0.758. The van der Waals surface area contributed by atoms with Gasteiger partial charge in [-0.15, -0.1) is 0 Å². The number of aromatic nitrogens is 1. The monoisotopic (exact) mass is 343 g/mol. The fourth-order valence-electron chi connectivity index (χ4n) is 2.44. The molecule has 1 heterocycles. The lowest BCUT2D eigenvalue weighted by Gasteiger charge is -2.09. The van der Waals surface area contributed by atoms with Gasteiger partial charge in [-0.25, -0.2) is 4.79 Å². The first kappa shape index (κ1) is 16.1. The molecular weight excluding hydrogens is 326 g/mol. The molecule has 6 nitrogen and oxygen atoms in total. The van der Waals surface area contributed by atoms with Gasteiger partial charge in [0.25, 0.3) is 0 Å². The number of ether oxygens (including phenoxy) is 1. The summed E-state index contributed by atoms with van der Waals surface area (Å²) in [7, 11) is 1.57. The average molecular weight is 343 g/mol. The number of nitrogens with zero attached hydrogens (tertiary/aromatic N) is 1. The van der Waals surface area contributed by atoms with Gasteiger partial charge in [0.2, 0.25) is 0 Å². The van der Waals surface area contributed by atoms with Crippen LogP contribution in [0.3, 0.4) is 0 Å². The zero-order valence-corrected chi connectivity index (χ0v) is 14.1. The summed E-state index contributed by atoms with van der Waals surface area (Å²) < 4.78 is 7.68. The van der Waals surface area contributed by atoms with Crippen molar-refractivity contribution in [2.75, 3.05) is 17.7 Å². The van der Waals surface area contributed by atoms with Gasteiger partial charge in [0.15, 0.2) is 0 Å². The number of hydrogen-bond acceptors (Lipinski definition) is 4. The second kappa shape index (κ2) is 6.76. The standard InChI is InChI=1S/C17H17N3O3S/c1-3-20-14-8-7-12(10-15(14)24-17(20)22)19-16(21)18-11-5-4-6-13(9-11)23-2/h4-10H,3H2,1-2H3,(H2,18,19,21). The SMILES string of the molecule is CCn1c(=O)sc2cc(NC(=O)Nc3cccc(OC)c3)ccc21. The lowest BCUT2D eigenvalue weighted by molar-refractivity contribution is 0.262. The summed E-state index contributed by atoms with van der Waals surface area (Å²) in [5.74, 6) is 0.667. The predicted molar refractivity (Wildman–Crippen MR) is 97.4 cm³/mol. The van der Waals surface area contributed by atoms with Gasteiger partial charge in [0.1, 0.15) is 5.75 Å². The van der Waals surface area contributed by atoms with Gasteiger partial charge < -0.3 is 15.4 Å². The molecule has 0 bridgehead atoms. The normalized spacial score (nSPS) is 10.6. The molecule has 3 rings (SSSR count). The number of amides is 2. The topological polar surface area (TPSA) is 72.4 Å². The highest BCUT2D eigenvalue weighted by Gasteiger charge is 2.08. The first-order chi connectivity index (χ1) is 11.6. The van der Waals surface area contributed by atoms with Gasteiger partial charge in [-0.1, -0.05) is 17.4 Å². The Morgan fingerprint density at radius 1 is 1.17 bits per heavy atom. The van der Waals surface area contributed by atoms with Crippen LogP contribution >= 0.6 is 11.3 Å². The lowest BCUT2D eigenvalue weighted by atomic mass is 10.3. The number of urea groups is 1. The fraction of sp³-hybridized carbons (Fsp3) is 0.176. The minimum atomic E-state index is -0.357. The number of carbonyl (C=O) groups is 1. The molecule has 7 heteroatoms. The van der Waals surface area contributed by atoms with Gasteiger partial charge in [-0.3, -0.25) is 9.36 Å². The van der Waals surface area contributed by atoms with Crippen molar-refractivity contribution in [2.24, 2.45) is 0 Å². The molecule has 0 unspecified atom stereocenters. The minimum absolute atomic E-state index is 0.00508. The van der Waals surface area contributed by atoms with E-state index in [0.717, 1.165) is 10.2 Å². The van der Waals surface area contributed by atoms with Gasteiger partial charge in [-0.05, 0) is 37.3 Å². The van der Waals surface area contributed by atoms with E-state index in [1.807, 2.05) is 13.0 Å². The molecule has 0 aliphatic rings. The molecule has 1 aromatic heterocycles. The number of rotatable bonds is 4. The molecule has 0 saturated carbocycles. The number of aryl methyl sites for hydroxylation is 1.